The van der Waals surface area contributed by atoms with E-state index >= 15 is 0 Å². The number of aliphatic hydroxyl groups is 2. The van der Waals surface area contributed by atoms with Crippen molar-refractivity contribution in [3.63, 3.8) is 0 Å². The molecule has 2 aromatic carbocycles. The molecule has 46 nitrogen and oxygen atoms in total. The minimum atomic E-state index is -1.90. The first-order chi connectivity index (χ1) is 68.5. The molecule has 0 bridgehead atoms. The molecule has 0 aliphatic carbocycles. The minimum Gasteiger partial charge on any atom is -0.508 e. The lowest BCUT2D eigenvalue weighted by Gasteiger charge is -2.29. The molecule has 4 rings (SSSR count). The zero-order valence-electron chi connectivity index (χ0n) is 85.1. The maximum Gasteiger partial charge on any atom is 0.326 e. The number of aliphatic hydroxyl groups excluding tert-OH is 2. The van der Waals surface area contributed by atoms with Gasteiger partial charge in [-0.15, -0.1) is 0 Å². The van der Waals surface area contributed by atoms with Gasteiger partial charge in [0.05, 0.1) is 38.8 Å². The number of phenols is 1. The Morgan fingerprint density at radius 3 is 1.41 bits per heavy atom. The average Bonchev–Trinajstić information content (AvgIpc) is 1.77. The van der Waals surface area contributed by atoms with Crippen LogP contribution < -0.4 is 113 Å². The van der Waals surface area contributed by atoms with E-state index in [0.29, 0.717) is 81.9 Å². The lowest BCUT2D eigenvalue weighted by Crippen LogP contribution is -2.62. The SMILES string of the molecule is CCCCCCCCCC(=O)NCCCC[C@H](NC(=O)[C@H](CCCCN)NC(=O)[C@H](CCCCN)NC(=O)[C@@H]1CCCN1C(=O)CNC(=O)[C@H](CC(C)C)NC(=O)[C@H](CC(C)C)NC(=O)[C@H](Cc1ccc(O)cc1)NC(=O)CNC(=O)[C@H](C)NC(=O)[C@H](CO)NC(=O)[C@H](CC(N)=O)NC(=O)[C@H](CC(C)C)NC(=O)[C@@H](NC(=O)[C@H](Cc1c[nH]c2ccccc12)NC(=O)CNC)[C@@H](C)O)C(=O)N[C@@H](CCCCN)C(=O)O. The Morgan fingerprint density at radius 1 is 0.438 bits per heavy atom. The molecular formula is C98H161N23O23. The predicted octanol–water partition coefficient (Wildman–Crippen LogP) is -2.29. The highest BCUT2D eigenvalue weighted by Gasteiger charge is 2.41. The number of benzene rings is 2. The number of nitrogens with zero attached hydrogens (tertiary/aromatic N) is 1. The zero-order valence-corrected chi connectivity index (χ0v) is 85.1. The number of fused-ring (bicyclic) bond motifs is 1. The summed E-state index contributed by atoms with van der Waals surface area (Å²) in [6.07, 6.45) is 10.1. The van der Waals surface area contributed by atoms with Crippen molar-refractivity contribution in [2.24, 2.45) is 40.7 Å². The summed E-state index contributed by atoms with van der Waals surface area (Å²) in [4.78, 5) is 268. The summed E-state index contributed by atoms with van der Waals surface area (Å²) in [5.74, 6) is -18.1. The van der Waals surface area contributed by atoms with Crippen LogP contribution in [0.2, 0.25) is 0 Å². The van der Waals surface area contributed by atoms with E-state index in [2.05, 4.69) is 102 Å². The first kappa shape index (κ1) is 124. The highest BCUT2D eigenvalue weighted by atomic mass is 16.4. The number of nitrogens with one attached hydrogen (secondary N) is 18. The fourth-order valence-electron chi connectivity index (χ4n) is 16.3. The monoisotopic (exact) mass is 2030 g/mol. The number of hydrogen-bond donors (Lipinski definition) is 26. The highest BCUT2D eigenvalue weighted by molar-refractivity contribution is 6.02. The molecule has 0 saturated carbocycles. The van der Waals surface area contributed by atoms with Crippen LogP contribution in [0.1, 0.15) is 240 Å². The molecule has 1 saturated heterocycles. The van der Waals surface area contributed by atoms with Gasteiger partial charge in [-0.25, -0.2) is 4.79 Å². The number of likely N-dealkylation sites (N-methyl/N-ethyl adjacent to an activating group) is 1. The standard InChI is InChI=1S/C98H161N23O23/c1-11-12-13-14-15-16-17-36-80(126)104-44-27-23-33-68(89(134)114-70(98(143)144)34-22-26-43-101)112-87(132)67(31-20-24-41-99)111-88(133)69(32-21-25-42-100)113-96(141)78-35-28-45-121(78)83(129)55-107-86(131)71(46-57(2)3)115-90(135)72(47-58(4)5)116-92(137)74(49-62-37-39-64(124)40-38-62)109-82(128)54-106-85(130)60(8)108-95(140)77(56-122)119-93(138)76(51-79(102)125)117-91(136)73(48-59(6)7)118-97(142)84(61(9)123)120-94(139)75(110-81(127)53-103-10)50-63-52-105-66-30-19-18-29-65(63)66/h18-19,29-30,37-40,52,57-61,67-78,84,103,105,122-124H,11-17,20-28,31-36,41-51,53-56,99-101H2,1-10H3,(H2,102,125)(H,104,126)(H,106,130)(H,107,131)(H,108,140)(H,109,128)(H,110,127)(H,111,133)(H,112,132)(H,113,141)(H,114,134)(H,115,135)(H,116,137)(H,117,136)(H,118,142)(H,119,138)(H,120,139)(H,143,144)/t60-,61+,67-,68-,69-,70-,71-,72-,73-,74-,75-,76-,77-,78-,84-/m0/s1. The van der Waals surface area contributed by atoms with Crippen molar-refractivity contribution in [2.45, 2.75) is 333 Å². The summed E-state index contributed by atoms with van der Waals surface area (Å²) in [5.41, 5.74) is 24.7. The molecule has 0 radical (unpaired) electrons. The van der Waals surface area contributed by atoms with Gasteiger partial charge in [0.2, 0.25) is 106 Å². The van der Waals surface area contributed by atoms with Gasteiger partial charge in [-0.2, -0.15) is 0 Å². The lowest BCUT2D eigenvalue weighted by atomic mass is 9.99. The van der Waals surface area contributed by atoms with Crippen LogP contribution in [-0.2, 0) is 104 Å². The summed E-state index contributed by atoms with van der Waals surface area (Å²) in [5, 5.41) is 86.1. The van der Waals surface area contributed by atoms with Crippen molar-refractivity contribution >= 4 is 123 Å². The van der Waals surface area contributed by atoms with Gasteiger partial charge < -0.3 is 144 Å². The first-order valence-electron chi connectivity index (χ1n) is 50.4. The minimum absolute atomic E-state index is 0.00360. The van der Waals surface area contributed by atoms with Crippen LogP contribution in [0, 0.1) is 17.8 Å². The van der Waals surface area contributed by atoms with Crippen LogP contribution in [0.4, 0.5) is 0 Å². The van der Waals surface area contributed by atoms with Crippen LogP contribution in [-0.4, -0.2) is 299 Å². The number of carboxylic acid groups (broad SMARTS) is 1. The number of unbranched alkanes of at least 4 members (excludes halogenated alkanes) is 10. The molecular weight excluding hydrogens is 1870 g/mol. The van der Waals surface area contributed by atoms with Gasteiger partial charge in [-0.05, 0) is 203 Å². The number of para-hydroxylation sites is 1. The van der Waals surface area contributed by atoms with E-state index in [1.54, 1.807) is 65.9 Å². The van der Waals surface area contributed by atoms with Gasteiger partial charge in [-0.1, -0.05) is 117 Å². The van der Waals surface area contributed by atoms with E-state index in [9.17, 15) is 112 Å². The molecule has 46 heteroatoms. The number of carbonyl (C=O) groups is 19. The summed E-state index contributed by atoms with van der Waals surface area (Å²) in [7, 11) is 1.52. The average molecular weight is 2030 g/mol. The van der Waals surface area contributed by atoms with Gasteiger partial charge >= 0.3 is 5.97 Å². The molecule has 3 aromatic rings. The van der Waals surface area contributed by atoms with Gasteiger partial charge in [0.25, 0.3) is 0 Å². The maximum absolute atomic E-state index is 14.6. The van der Waals surface area contributed by atoms with Crippen LogP contribution in [0.15, 0.2) is 54.7 Å². The quantitative estimate of drug-likeness (QED) is 0.0265. The van der Waals surface area contributed by atoms with Crippen molar-refractivity contribution in [3.8, 4) is 5.75 Å². The number of carbonyl (C=O) groups excluding carboxylic acids is 18. The number of nitrogens with two attached hydrogens (primary N) is 4. The van der Waals surface area contributed by atoms with E-state index in [1.165, 1.54) is 56.5 Å². The van der Waals surface area contributed by atoms with Gasteiger partial charge in [0.1, 0.15) is 90.3 Å². The largest absolute Gasteiger partial charge is 0.508 e. The third-order valence-electron chi connectivity index (χ3n) is 24.1. The number of amides is 18. The van der Waals surface area contributed by atoms with Crippen LogP contribution >= 0.6 is 0 Å². The fourth-order valence-corrected chi connectivity index (χ4v) is 16.3. The summed E-state index contributed by atoms with van der Waals surface area (Å²) in [6, 6.07) is -7.76. The number of H-pyrrole nitrogens is 1. The summed E-state index contributed by atoms with van der Waals surface area (Å²) < 4.78 is 0. The van der Waals surface area contributed by atoms with Crippen LogP contribution in [0.25, 0.3) is 10.9 Å². The Labute approximate surface area is 842 Å². The number of aromatic amines is 1. The van der Waals surface area contributed by atoms with E-state index in [1.807, 2.05) is 6.07 Å². The van der Waals surface area contributed by atoms with E-state index in [0.717, 1.165) is 49.4 Å². The lowest BCUT2D eigenvalue weighted by molar-refractivity contribution is -0.142. The third kappa shape index (κ3) is 46.5. The van der Waals surface area contributed by atoms with Crippen LogP contribution in [0.5, 0.6) is 5.75 Å². The Hall–Kier alpha value is -12.5. The van der Waals surface area contributed by atoms with Gasteiger partial charge in [0, 0.05) is 49.5 Å². The predicted molar refractivity (Wildman–Crippen MR) is 536 cm³/mol. The zero-order chi connectivity index (χ0) is 107. The molecule has 1 fully saturated rings. The van der Waals surface area contributed by atoms with Crippen molar-refractivity contribution in [1.82, 2.24) is 100 Å². The molecule has 0 unspecified atom stereocenters. The number of primary amides is 1. The normalized spacial score (nSPS) is 15.3. The smallest absolute Gasteiger partial charge is 0.326 e. The van der Waals surface area contributed by atoms with E-state index < -0.39 is 223 Å². The molecule has 144 heavy (non-hydrogen) atoms. The summed E-state index contributed by atoms with van der Waals surface area (Å²) >= 11 is 0. The number of likely N-dealkylation sites (tertiary alicyclic amines) is 1. The maximum atomic E-state index is 14.6. The van der Waals surface area contributed by atoms with Crippen LogP contribution in [0.3, 0.4) is 0 Å². The van der Waals surface area contributed by atoms with E-state index in [4.69, 9.17) is 22.9 Å². The molecule has 2 heterocycles. The van der Waals surface area contributed by atoms with Crippen molar-refractivity contribution in [3.05, 3.63) is 65.9 Å². The number of aromatic hydroxyl groups is 1. The molecule has 1 aliphatic heterocycles. The van der Waals surface area contributed by atoms with Crippen molar-refractivity contribution in [1.29, 1.82) is 0 Å². The second-order valence-electron chi connectivity index (χ2n) is 38.0. The second-order valence-corrected chi connectivity index (χ2v) is 38.0. The van der Waals surface area contributed by atoms with E-state index in [-0.39, 0.29) is 126 Å². The number of rotatable bonds is 72. The van der Waals surface area contributed by atoms with Gasteiger partial charge in [0.15, 0.2) is 0 Å². The first-order valence-corrected chi connectivity index (χ1v) is 50.4. The van der Waals surface area contributed by atoms with Crippen molar-refractivity contribution < 1.29 is 112 Å². The Bertz CT molecular complexity index is 4630. The highest BCUT2D eigenvalue weighted by Crippen LogP contribution is 2.23. The molecule has 1 aliphatic rings. The molecule has 15 atom stereocenters. The number of carboxylic acids is 1. The molecule has 1 aromatic heterocycles. The Balaban J connectivity index is 1.45. The number of aliphatic carboxylic acids is 1. The Morgan fingerprint density at radius 2 is 0.882 bits per heavy atom. The fraction of sp³-hybridized carbons (Fsp3) is 0.663. The third-order valence-corrected chi connectivity index (χ3v) is 24.1. The molecule has 806 valence electrons. The van der Waals surface area contributed by atoms with Gasteiger partial charge in [-0.3, -0.25) is 86.3 Å². The van der Waals surface area contributed by atoms with Crippen molar-refractivity contribution in [2.75, 3.05) is 66.0 Å². The molecule has 18 amide bonds. The topological polar surface area (TPSA) is 733 Å². The molecule has 30 N–H and O–H groups in total. The Kier molecular flexibility index (Phi) is 57.7. The number of hydrogen-bond acceptors (Lipinski definition) is 26. The second kappa shape index (κ2) is 67.1. The molecule has 0 spiro atoms. The summed E-state index contributed by atoms with van der Waals surface area (Å²) in [6.45, 7) is 13.1. The number of aromatic nitrogens is 1. The number of phenolic OH excluding ortho intramolecular Hbond substituents is 1.